The number of aromatic nitrogens is 2. The molecule has 19 heavy (non-hydrogen) atoms. The molecule has 0 radical (unpaired) electrons. The second-order valence-electron chi connectivity index (χ2n) is 5.22. The van der Waals surface area contributed by atoms with Crippen molar-refractivity contribution < 1.29 is 0 Å². The van der Waals surface area contributed by atoms with Crippen molar-refractivity contribution in [2.45, 2.75) is 44.0 Å². The molecule has 2 aromatic rings. The molecular weight excluding hydrogens is 260 g/mol. The number of rotatable bonds is 2. The summed E-state index contributed by atoms with van der Waals surface area (Å²) in [7, 11) is 0. The van der Waals surface area contributed by atoms with E-state index in [1.54, 1.807) is 0 Å². The van der Waals surface area contributed by atoms with Crippen LogP contribution in [0.3, 0.4) is 0 Å². The normalized spacial score (nSPS) is 18.0. The third kappa shape index (κ3) is 2.16. The summed E-state index contributed by atoms with van der Waals surface area (Å²) in [5, 5.41) is 0.438. The Balaban J connectivity index is 2.30. The molecule has 1 heterocycles. The number of fused-ring (bicyclic) bond motifs is 1. The summed E-state index contributed by atoms with van der Waals surface area (Å²) in [4.78, 5) is 17.3. The summed E-state index contributed by atoms with van der Waals surface area (Å²) in [5.41, 5.74) is 0.796. The highest BCUT2D eigenvalue weighted by Crippen LogP contribution is 2.31. The van der Waals surface area contributed by atoms with Crippen molar-refractivity contribution >= 4 is 22.5 Å². The number of alkyl halides is 1. The van der Waals surface area contributed by atoms with Crippen LogP contribution in [-0.2, 0) is 0 Å². The van der Waals surface area contributed by atoms with Gasteiger partial charge in [-0.1, -0.05) is 25.0 Å². The van der Waals surface area contributed by atoms with Crippen LogP contribution in [0.2, 0.25) is 0 Å². The lowest BCUT2D eigenvalue weighted by Gasteiger charge is -2.20. The molecule has 1 aromatic carbocycles. The van der Waals surface area contributed by atoms with Gasteiger partial charge in [0.2, 0.25) is 0 Å². The molecular formula is C15H17ClN2O. The van der Waals surface area contributed by atoms with Crippen LogP contribution in [0.25, 0.3) is 10.9 Å². The van der Waals surface area contributed by atoms with E-state index in [1.165, 1.54) is 12.8 Å². The molecule has 1 saturated carbocycles. The minimum atomic E-state index is -0.252. The molecule has 1 unspecified atom stereocenters. The molecule has 1 aromatic heterocycles. The Bertz CT molecular complexity index is 657. The van der Waals surface area contributed by atoms with Gasteiger partial charge in [-0.3, -0.25) is 9.36 Å². The van der Waals surface area contributed by atoms with Crippen LogP contribution in [0.1, 0.15) is 49.9 Å². The van der Waals surface area contributed by atoms with Crippen molar-refractivity contribution in [2.75, 3.05) is 0 Å². The van der Waals surface area contributed by atoms with Gasteiger partial charge in [0.15, 0.2) is 0 Å². The Hall–Kier alpha value is -1.35. The molecule has 1 aliphatic carbocycles. The van der Waals surface area contributed by atoms with E-state index in [1.807, 2.05) is 35.8 Å². The lowest BCUT2D eigenvalue weighted by Crippen LogP contribution is -2.28. The number of benzene rings is 1. The molecule has 4 heteroatoms. The number of nitrogens with zero attached hydrogens (tertiary/aromatic N) is 2. The van der Waals surface area contributed by atoms with Crippen molar-refractivity contribution in [2.24, 2.45) is 0 Å². The Morgan fingerprint density at radius 3 is 2.68 bits per heavy atom. The fourth-order valence-corrected chi connectivity index (χ4v) is 3.11. The molecule has 1 atom stereocenters. The SMILES string of the molecule is CC(Cl)c1nc2ccccc2c(=O)n1C1CCCC1. The molecule has 1 fully saturated rings. The molecule has 0 spiro atoms. The van der Waals surface area contributed by atoms with E-state index in [0.29, 0.717) is 11.2 Å². The Morgan fingerprint density at radius 1 is 1.32 bits per heavy atom. The monoisotopic (exact) mass is 276 g/mol. The topological polar surface area (TPSA) is 34.9 Å². The molecule has 0 N–H and O–H groups in total. The molecule has 100 valence electrons. The average Bonchev–Trinajstić information content (AvgIpc) is 2.92. The predicted molar refractivity (Wildman–Crippen MR) is 77.8 cm³/mol. The zero-order valence-corrected chi connectivity index (χ0v) is 11.7. The summed E-state index contributed by atoms with van der Waals surface area (Å²) >= 11 is 6.24. The van der Waals surface area contributed by atoms with Crippen molar-refractivity contribution in [1.82, 2.24) is 9.55 Å². The van der Waals surface area contributed by atoms with Crippen molar-refractivity contribution in [1.29, 1.82) is 0 Å². The molecule has 0 amide bonds. The van der Waals surface area contributed by atoms with Crippen molar-refractivity contribution in [3.8, 4) is 0 Å². The van der Waals surface area contributed by atoms with Crippen LogP contribution >= 0.6 is 11.6 Å². The van der Waals surface area contributed by atoms with Gasteiger partial charge in [-0.15, -0.1) is 11.6 Å². The Labute approximate surface area is 117 Å². The van der Waals surface area contributed by atoms with Gasteiger partial charge in [0, 0.05) is 6.04 Å². The van der Waals surface area contributed by atoms with Crippen LogP contribution < -0.4 is 5.56 Å². The molecule has 1 aliphatic rings. The maximum atomic E-state index is 12.7. The van der Waals surface area contributed by atoms with Crippen LogP contribution in [0.4, 0.5) is 0 Å². The Kier molecular flexibility index (Phi) is 3.31. The number of hydrogen-bond acceptors (Lipinski definition) is 2. The van der Waals surface area contributed by atoms with Gasteiger partial charge in [0.05, 0.1) is 16.3 Å². The molecule has 0 aliphatic heterocycles. The van der Waals surface area contributed by atoms with Gasteiger partial charge in [-0.2, -0.15) is 0 Å². The zero-order valence-electron chi connectivity index (χ0n) is 11.0. The first-order valence-electron chi connectivity index (χ1n) is 6.83. The van der Waals surface area contributed by atoms with Gasteiger partial charge in [0.25, 0.3) is 5.56 Å². The maximum absolute atomic E-state index is 12.7. The standard InChI is InChI=1S/C15H17ClN2O/c1-10(16)14-17-13-9-5-4-8-12(13)15(19)18(14)11-6-2-3-7-11/h4-5,8-11H,2-3,6-7H2,1H3. The maximum Gasteiger partial charge on any atom is 0.261 e. The van der Waals surface area contributed by atoms with Crippen LogP contribution in [-0.4, -0.2) is 9.55 Å². The largest absolute Gasteiger partial charge is 0.292 e. The smallest absolute Gasteiger partial charge is 0.261 e. The van der Waals surface area contributed by atoms with Gasteiger partial charge in [-0.05, 0) is 31.9 Å². The first-order valence-corrected chi connectivity index (χ1v) is 7.27. The van der Waals surface area contributed by atoms with Crippen molar-refractivity contribution in [3.63, 3.8) is 0 Å². The fourth-order valence-electron chi connectivity index (χ4n) is 2.96. The third-order valence-corrected chi connectivity index (χ3v) is 4.08. The number of para-hydroxylation sites is 1. The summed E-state index contributed by atoms with van der Waals surface area (Å²) in [5.74, 6) is 0.706. The lowest BCUT2D eigenvalue weighted by atomic mass is 10.2. The van der Waals surface area contributed by atoms with E-state index in [-0.39, 0.29) is 17.0 Å². The summed E-state index contributed by atoms with van der Waals surface area (Å²) in [6.45, 7) is 1.88. The van der Waals surface area contributed by atoms with E-state index >= 15 is 0 Å². The third-order valence-electron chi connectivity index (χ3n) is 3.88. The van der Waals surface area contributed by atoms with E-state index in [0.717, 1.165) is 18.4 Å². The highest BCUT2D eigenvalue weighted by molar-refractivity contribution is 6.20. The summed E-state index contributed by atoms with van der Waals surface area (Å²) < 4.78 is 1.84. The summed E-state index contributed by atoms with van der Waals surface area (Å²) in [6, 6.07) is 7.77. The highest BCUT2D eigenvalue weighted by Gasteiger charge is 2.24. The highest BCUT2D eigenvalue weighted by atomic mass is 35.5. The fraction of sp³-hybridized carbons (Fsp3) is 0.467. The minimum Gasteiger partial charge on any atom is -0.292 e. The molecule has 0 saturated heterocycles. The van der Waals surface area contributed by atoms with E-state index in [4.69, 9.17) is 11.6 Å². The summed E-state index contributed by atoms with van der Waals surface area (Å²) in [6.07, 6.45) is 4.47. The first-order chi connectivity index (χ1) is 9.18. The van der Waals surface area contributed by atoms with E-state index < -0.39 is 0 Å². The second kappa shape index (κ2) is 4.97. The first kappa shape index (κ1) is 12.7. The van der Waals surface area contributed by atoms with Crippen LogP contribution in [0.5, 0.6) is 0 Å². The average molecular weight is 277 g/mol. The number of hydrogen-bond donors (Lipinski definition) is 0. The van der Waals surface area contributed by atoms with Gasteiger partial charge >= 0.3 is 0 Å². The van der Waals surface area contributed by atoms with Crippen molar-refractivity contribution in [3.05, 3.63) is 40.4 Å². The van der Waals surface area contributed by atoms with Crippen LogP contribution in [0, 0.1) is 0 Å². The molecule has 0 bridgehead atoms. The van der Waals surface area contributed by atoms with Crippen LogP contribution in [0.15, 0.2) is 29.1 Å². The lowest BCUT2D eigenvalue weighted by molar-refractivity contribution is 0.476. The van der Waals surface area contributed by atoms with Gasteiger partial charge in [0.1, 0.15) is 5.82 Å². The van der Waals surface area contributed by atoms with E-state index in [2.05, 4.69) is 4.98 Å². The van der Waals surface area contributed by atoms with Gasteiger partial charge in [-0.25, -0.2) is 4.98 Å². The minimum absolute atomic E-state index is 0.0556. The number of halogens is 1. The second-order valence-corrected chi connectivity index (χ2v) is 5.87. The zero-order chi connectivity index (χ0) is 13.4. The van der Waals surface area contributed by atoms with Gasteiger partial charge < -0.3 is 0 Å². The van der Waals surface area contributed by atoms with E-state index in [9.17, 15) is 4.79 Å². The quantitative estimate of drug-likeness (QED) is 0.782. The molecule has 3 rings (SSSR count). The molecule has 3 nitrogen and oxygen atoms in total. The predicted octanol–water partition coefficient (Wildman–Crippen LogP) is 3.81. The Morgan fingerprint density at radius 2 is 2.00 bits per heavy atom.